The number of fused-ring (bicyclic) bond motifs is 1. The molecule has 0 unspecified atom stereocenters. The lowest BCUT2D eigenvalue weighted by atomic mass is 10.1. The minimum Gasteiger partial charge on any atom is -0.497 e. The van der Waals surface area contributed by atoms with E-state index in [4.69, 9.17) is 4.74 Å². The van der Waals surface area contributed by atoms with Crippen LogP contribution in [0.25, 0.3) is 0 Å². The van der Waals surface area contributed by atoms with Crippen LogP contribution in [-0.2, 0) is 29.5 Å². The molecule has 0 saturated carbocycles. The number of aryl methyl sites for hydroxylation is 1. The summed E-state index contributed by atoms with van der Waals surface area (Å²) >= 11 is 0. The number of ether oxygens (including phenoxy) is 1. The molecule has 1 aliphatic rings. The summed E-state index contributed by atoms with van der Waals surface area (Å²) in [5, 5.41) is 14.5. The molecule has 2 aromatic rings. The van der Waals surface area contributed by atoms with Gasteiger partial charge in [0.1, 0.15) is 21.7 Å². The van der Waals surface area contributed by atoms with Crippen molar-refractivity contribution in [3.63, 3.8) is 0 Å². The van der Waals surface area contributed by atoms with Crippen molar-refractivity contribution < 1.29 is 18.3 Å². The van der Waals surface area contributed by atoms with E-state index in [-0.39, 0.29) is 5.75 Å². The maximum atomic E-state index is 11.4. The Bertz CT molecular complexity index is 892. The van der Waals surface area contributed by atoms with Gasteiger partial charge in [0, 0.05) is 25.9 Å². The molecule has 0 spiro atoms. The molecule has 2 heterocycles. The molecule has 26 heavy (non-hydrogen) atoms. The molecule has 1 N–H and O–H groups in total. The molecule has 3 rings (SSSR count). The average Bonchev–Trinajstić information content (AvgIpc) is 2.98. The van der Waals surface area contributed by atoms with E-state index in [1.807, 2.05) is 22.9 Å². The number of nitrogens with zero attached hydrogens (tertiary/aromatic N) is 3. The Labute approximate surface area is 154 Å². The molecule has 8 heteroatoms. The fourth-order valence-electron chi connectivity index (χ4n) is 3.23. The monoisotopic (exact) mass is 379 g/mol. The van der Waals surface area contributed by atoms with E-state index in [9.17, 15) is 13.5 Å². The van der Waals surface area contributed by atoms with Gasteiger partial charge in [-0.05, 0) is 36.2 Å². The van der Waals surface area contributed by atoms with Crippen LogP contribution in [0.4, 0.5) is 0 Å². The van der Waals surface area contributed by atoms with E-state index in [1.165, 1.54) is 11.1 Å². The van der Waals surface area contributed by atoms with Crippen LogP contribution in [0.15, 0.2) is 24.3 Å². The number of methoxy groups -OCH3 is 1. The van der Waals surface area contributed by atoms with Gasteiger partial charge in [-0.1, -0.05) is 6.07 Å². The third-order valence-electron chi connectivity index (χ3n) is 4.64. The Kier molecular flexibility index (Phi) is 5.36. The summed E-state index contributed by atoms with van der Waals surface area (Å²) in [4.78, 5) is 2.32. The van der Waals surface area contributed by atoms with Gasteiger partial charge in [-0.3, -0.25) is 9.58 Å². The minimum atomic E-state index is -3.25. The molecule has 0 saturated heterocycles. The van der Waals surface area contributed by atoms with Crippen LogP contribution < -0.4 is 4.74 Å². The van der Waals surface area contributed by atoms with E-state index in [0.717, 1.165) is 37.3 Å². The summed E-state index contributed by atoms with van der Waals surface area (Å²) < 4.78 is 29.9. The van der Waals surface area contributed by atoms with Crippen molar-refractivity contribution in [2.45, 2.75) is 32.7 Å². The van der Waals surface area contributed by atoms with Crippen LogP contribution in [0, 0.1) is 6.92 Å². The Balaban J connectivity index is 1.70. The van der Waals surface area contributed by atoms with Gasteiger partial charge >= 0.3 is 0 Å². The summed E-state index contributed by atoms with van der Waals surface area (Å²) in [5.74, 6) is 0.547. The van der Waals surface area contributed by atoms with Crippen molar-refractivity contribution in [3.05, 3.63) is 46.8 Å². The van der Waals surface area contributed by atoms with Gasteiger partial charge in [0.2, 0.25) is 0 Å². The van der Waals surface area contributed by atoms with Crippen molar-refractivity contribution in [3.8, 4) is 5.75 Å². The van der Waals surface area contributed by atoms with Crippen LogP contribution in [0.5, 0.6) is 5.75 Å². The third-order valence-corrected chi connectivity index (χ3v) is 5.56. The first-order valence-electron chi connectivity index (χ1n) is 8.53. The molecule has 0 aliphatic carbocycles. The number of sulfone groups is 1. The zero-order valence-electron chi connectivity index (χ0n) is 15.3. The van der Waals surface area contributed by atoms with Gasteiger partial charge in [0.15, 0.2) is 0 Å². The quantitative estimate of drug-likeness (QED) is 0.814. The van der Waals surface area contributed by atoms with Gasteiger partial charge < -0.3 is 9.84 Å². The highest BCUT2D eigenvalue weighted by molar-refractivity contribution is 7.90. The Morgan fingerprint density at radius 2 is 2.08 bits per heavy atom. The van der Waals surface area contributed by atoms with E-state index in [2.05, 4.69) is 23.0 Å². The van der Waals surface area contributed by atoms with Crippen molar-refractivity contribution in [2.24, 2.45) is 0 Å². The highest BCUT2D eigenvalue weighted by Gasteiger charge is 2.23. The lowest BCUT2D eigenvalue weighted by Crippen LogP contribution is -2.33. The number of hydrogen-bond donors (Lipinski definition) is 1. The topological polar surface area (TPSA) is 84.7 Å². The highest BCUT2D eigenvalue weighted by atomic mass is 32.2. The fourth-order valence-corrected chi connectivity index (χ4v) is 3.97. The summed E-state index contributed by atoms with van der Waals surface area (Å²) in [6, 6.07) is 7.89. The fraction of sp³-hybridized carbons (Fsp3) is 0.500. The Morgan fingerprint density at radius 1 is 1.31 bits per heavy atom. The maximum absolute atomic E-state index is 11.4. The maximum Gasteiger partial charge on any atom is 0.150 e. The van der Waals surface area contributed by atoms with Crippen LogP contribution in [0.3, 0.4) is 0 Å². The van der Waals surface area contributed by atoms with Gasteiger partial charge in [0.25, 0.3) is 0 Å². The van der Waals surface area contributed by atoms with Gasteiger partial charge in [-0.2, -0.15) is 5.10 Å². The zero-order valence-corrected chi connectivity index (χ0v) is 16.2. The van der Waals surface area contributed by atoms with Crippen molar-refractivity contribution in [1.82, 2.24) is 14.7 Å². The molecule has 1 atom stereocenters. The number of hydrogen-bond acceptors (Lipinski definition) is 6. The number of aliphatic hydroxyl groups is 1. The first-order valence-corrected chi connectivity index (χ1v) is 10.6. The molecule has 1 aromatic carbocycles. The molecule has 0 bridgehead atoms. The number of benzene rings is 1. The van der Waals surface area contributed by atoms with E-state index in [0.29, 0.717) is 12.2 Å². The second-order valence-corrected chi connectivity index (χ2v) is 9.08. The highest BCUT2D eigenvalue weighted by Crippen LogP contribution is 2.23. The Morgan fingerprint density at radius 3 is 2.73 bits per heavy atom. The molecule has 142 valence electrons. The van der Waals surface area contributed by atoms with Gasteiger partial charge in [-0.15, -0.1) is 0 Å². The predicted molar refractivity (Wildman–Crippen MR) is 98.7 cm³/mol. The smallest absolute Gasteiger partial charge is 0.150 e. The molecule has 0 radical (unpaired) electrons. The van der Waals surface area contributed by atoms with Crippen LogP contribution >= 0.6 is 0 Å². The van der Waals surface area contributed by atoms with Gasteiger partial charge in [-0.25, -0.2) is 8.42 Å². The summed E-state index contributed by atoms with van der Waals surface area (Å²) in [6.07, 6.45) is 0.0332. The first kappa shape index (κ1) is 18.9. The van der Waals surface area contributed by atoms with Crippen molar-refractivity contribution >= 4 is 9.84 Å². The molecule has 1 aromatic heterocycles. The molecule has 0 fully saturated rings. The molecular weight excluding hydrogens is 354 g/mol. The molecule has 7 nitrogen and oxygen atoms in total. The lowest BCUT2D eigenvalue weighted by molar-refractivity contribution is 0.191. The second-order valence-electron chi connectivity index (χ2n) is 6.89. The molecule has 0 amide bonds. The normalized spacial score (nSPS) is 16.3. The lowest BCUT2D eigenvalue weighted by Gasteiger charge is -2.28. The minimum absolute atomic E-state index is 0.307. The number of rotatable bonds is 6. The van der Waals surface area contributed by atoms with E-state index in [1.54, 1.807) is 7.11 Å². The largest absolute Gasteiger partial charge is 0.497 e. The standard InChI is InChI=1S/C18H25N3O4S/c1-13-8-16(25-2)5-4-14(13)10-20-6-7-21-15(11-20)9-17(19-21)18(22)12-26(3,23)24/h4-5,8-9,18,22H,6-7,10-12H2,1-3H3/t18-/m1/s1. The molecule has 1 aliphatic heterocycles. The van der Waals surface area contributed by atoms with Crippen LogP contribution in [-0.4, -0.2) is 53.9 Å². The number of aromatic nitrogens is 2. The SMILES string of the molecule is COc1ccc(CN2CCn3nc([C@H](O)CS(C)(=O)=O)cc3C2)c(C)c1. The number of aliphatic hydroxyl groups excluding tert-OH is 1. The second kappa shape index (κ2) is 7.38. The zero-order chi connectivity index (χ0) is 18.9. The van der Waals surface area contributed by atoms with E-state index < -0.39 is 15.9 Å². The van der Waals surface area contributed by atoms with Crippen molar-refractivity contribution in [2.75, 3.05) is 25.7 Å². The molecular formula is C18H25N3O4S. The summed E-state index contributed by atoms with van der Waals surface area (Å²) in [7, 11) is -1.59. The summed E-state index contributed by atoms with van der Waals surface area (Å²) in [5.41, 5.74) is 3.85. The summed E-state index contributed by atoms with van der Waals surface area (Å²) in [6.45, 7) is 5.18. The Hall–Kier alpha value is -1.90. The first-order chi connectivity index (χ1) is 12.2. The van der Waals surface area contributed by atoms with Crippen molar-refractivity contribution in [1.29, 1.82) is 0 Å². The predicted octanol–water partition coefficient (Wildman–Crippen LogP) is 1.29. The average molecular weight is 379 g/mol. The van der Waals surface area contributed by atoms with E-state index >= 15 is 0 Å². The van der Waals surface area contributed by atoms with Gasteiger partial charge in [0.05, 0.1) is 30.8 Å². The van der Waals surface area contributed by atoms with Crippen LogP contribution in [0.2, 0.25) is 0 Å². The van der Waals surface area contributed by atoms with Crippen LogP contribution in [0.1, 0.15) is 28.6 Å². The third kappa shape index (κ3) is 4.44.